The zero-order valence-corrected chi connectivity index (χ0v) is 12.9. The standard InChI is InChI=1S/C15H9F7N2O3/c16-13(17,14(18,19)15(20,21)22)9-2-4-10(5-3-9)27-11-6-1-8(7-23-11)12(25)24-26/h1-7,26H,(H,24,25). The van der Waals surface area contributed by atoms with Crippen molar-refractivity contribution in [2.45, 2.75) is 18.0 Å². The molecule has 0 saturated heterocycles. The van der Waals surface area contributed by atoms with Crippen LogP contribution in [0, 0.1) is 0 Å². The summed E-state index contributed by atoms with van der Waals surface area (Å²) in [5.41, 5.74) is -0.227. The van der Waals surface area contributed by atoms with E-state index in [1.54, 1.807) is 0 Å². The SMILES string of the molecule is O=C(NO)c1ccc(Oc2ccc(C(F)(F)C(F)(F)C(F)(F)F)cc2)nc1. The maximum absolute atomic E-state index is 13.6. The first-order valence-corrected chi connectivity index (χ1v) is 6.91. The van der Waals surface area contributed by atoms with Gasteiger partial charge in [-0.3, -0.25) is 10.0 Å². The van der Waals surface area contributed by atoms with Gasteiger partial charge in [-0.25, -0.2) is 10.5 Å². The number of nitrogens with zero attached hydrogens (tertiary/aromatic N) is 1. The van der Waals surface area contributed by atoms with E-state index in [2.05, 4.69) is 4.98 Å². The van der Waals surface area contributed by atoms with E-state index >= 15 is 0 Å². The van der Waals surface area contributed by atoms with Crippen molar-refractivity contribution in [1.82, 2.24) is 10.5 Å². The number of hydrogen-bond acceptors (Lipinski definition) is 4. The molecule has 0 spiro atoms. The number of ether oxygens (including phenoxy) is 1. The third kappa shape index (κ3) is 3.94. The van der Waals surface area contributed by atoms with Crippen molar-refractivity contribution >= 4 is 5.91 Å². The second-order valence-electron chi connectivity index (χ2n) is 5.10. The zero-order valence-electron chi connectivity index (χ0n) is 12.9. The number of nitrogens with one attached hydrogen (secondary N) is 1. The summed E-state index contributed by atoms with van der Waals surface area (Å²) in [6, 6.07) is 4.60. The molecule has 146 valence electrons. The van der Waals surface area contributed by atoms with Crippen molar-refractivity contribution in [2.75, 3.05) is 0 Å². The van der Waals surface area contributed by atoms with Crippen molar-refractivity contribution in [3.63, 3.8) is 0 Å². The first kappa shape index (κ1) is 20.4. The molecule has 1 amide bonds. The molecule has 0 saturated carbocycles. The maximum Gasteiger partial charge on any atom is 0.460 e. The number of hydroxylamine groups is 1. The van der Waals surface area contributed by atoms with Crippen LogP contribution in [0.4, 0.5) is 30.7 Å². The number of amides is 1. The van der Waals surface area contributed by atoms with Crippen LogP contribution >= 0.6 is 0 Å². The van der Waals surface area contributed by atoms with Gasteiger partial charge in [-0.1, -0.05) is 0 Å². The number of aromatic nitrogens is 1. The van der Waals surface area contributed by atoms with Crippen LogP contribution in [0.15, 0.2) is 42.6 Å². The molecule has 12 heteroatoms. The zero-order chi connectivity index (χ0) is 20.5. The van der Waals surface area contributed by atoms with E-state index in [0.29, 0.717) is 12.1 Å². The molecular weight excluding hydrogens is 389 g/mol. The molecule has 1 heterocycles. The Hall–Kier alpha value is -2.89. The summed E-state index contributed by atoms with van der Waals surface area (Å²) in [4.78, 5) is 14.8. The van der Waals surface area contributed by atoms with Gasteiger partial charge in [0.1, 0.15) is 5.75 Å². The summed E-state index contributed by atoms with van der Waals surface area (Å²) in [6.45, 7) is 0. The Kier molecular flexibility index (Phi) is 5.31. The number of pyridine rings is 1. The molecular formula is C15H9F7N2O3. The van der Waals surface area contributed by atoms with Crippen LogP contribution in [0.3, 0.4) is 0 Å². The predicted octanol–water partition coefficient (Wildman–Crippen LogP) is 4.28. The summed E-state index contributed by atoms with van der Waals surface area (Å²) >= 11 is 0. The van der Waals surface area contributed by atoms with Gasteiger partial charge in [-0.15, -0.1) is 0 Å². The molecule has 5 nitrogen and oxygen atoms in total. The van der Waals surface area contributed by atoms with Crippen LogP contribution in [0.1, 0.15) is 15.9 Å². The van der Waals surface area contributed by atoms with Gasteiger partial charge in [0.15, 0.2) is 0 Å². The smallest absolute Gasteiger partial charge is 0.439 e. The molecule has 1 aromatic heterocycles. The molecule has 0 atom stereocenters. The number of benzene rings is 1. The van der Waals surface area contributed by atoms with Crippen LogP contribution in [0.5, 0.6) is 11.6 Å². The maximum atomic E-state index is 13.6. The Labute approximate surface area is 146 Å². The summed E-state index contributed by atoms with van der Waals surface area (Å²) in [5.74, 6) is -12.9. The number of alkyl halides is 7. The van der Waals surface area contributed by atoms with Crippen molar-refractivity contribution in [3.8, 4) is 11.6 Å². The highest BCUT2D eigenvalue weighted by Gasteiger charge is 2.73. The molecule has 27 heavy (non-hydrogen) atoms. The molecule has 1 aromatic carbocycles. The number of hydrogen-bond donors (Lipinski definition) is 2. The Morgan fingerprint density at radius 3 is 2.00 bits per heavy atom. The lowest BCUT2D eigenvalue weighted by Crippen LogP contribution is -2.49. The summed E-state index contributed by atoms with van der Waals surface area (Å²) in [6.07, 6.45) is -5.43. The van der Waals surface area contributed by atoms with Crippen molar-refractivity contribution < 1.29 is 45.5 Å². The van der Waals surface area contributed by atoms with Crippen LogP contribution in [-0.4, -0.2) is 28.2 Å². The van der Waals surface area contributed by atoms with E-state index in [0.717, 1.165) is 18.3 Å². The van der Waals surface area contributed by atoms with Gasteiger partial charge in [-0.2, -0.15) is 30.7 Å². The van der Waals surface area contributed by atoms with E-state index in [9.17, 15) is 35.5 Å². The lowest BCUT2D eigenvalue weighted by atomic mass is 10.0. The van der Waals surface area contributed by atoms with Crippen LogP contribution in [0.2, 0.25) is 0 Å². The highest BCUT2D eigenvalue weighted by atomic mass is 19.4. The largest absolute Gasteiger partial charge is 0.460 e. The van der Waals surface area contributed by atoms with Gasteiger partial charge in [0.2, 0.25) is 5.88 Å². The Morgan fingerprint density at radius 1 is 0.963 bits per heavy atom. The molecule has 2 aromatic rings. The fourth-order valence-corrected chi connectivity index (χ4v) is 1.85. The predicted molar refractivity (Wildman–Crippen MR) is 74.9 cm³/mol. The van der Waals surface area contributed by atoms with E-state index in [4.69, 9.17) is 9.94 Å². The number of carbonyl (C=O) groups is 1. The topological polar surface area (TPSA) is 71.5 Å². The lowest BCUT2D eigenvalue weighted by Gasteiger charge is -2.28. The fraction of sp³-hybridized carbons (Fsp3) is 0.200. The number of rotatable bonds is 5. The van der Waals surface area contributed by atoms with Gasteiger partial charge < -0.3 is 4.74 Å². The monoisotopic (exact) mass is 398 g/mol. The normalized spacial score (nSPS) is 12.6. The first-order valence-electron chi connectivity index (χ1n) is 6.91. The van der Waals surface area contributed by atoms with E-state index in [1.165, 1.54) is 17.6 Å². The molecule has 0 radical (unpaired) electrons. The van der Waals surface area contributed by atoms with Crippen LogP contribution < -0.4 is 10.2 Å². The fourth-order valence-electron chi connectivity index (χ4n) is 1.85. The molecule has 0 aliphatic heterocycles. The van der Waals surface area contributed by atoms with Gasteiger partial charge in [0, 0.05) is 17.8 Å². The van der Waals surface area contributed by atoms with Crippen molar-refractivity contribution in [2.24, 2.45) is 0 Å². The molecule has 0 unspecified atom stereocenters. The third-order valence-corrected chi connectivity index (χ3v) is 3.29. The molecule has 2 rings (SSSR count). The van der Waals surface area contributed by atoms with Crippen molar-refractivity contribution in [3.05, 3.63) is 53.7 Å². The van der Waals surface area contributed by atoms with Gasteiger partial charge in [-0.05, 0) is 30.3 Å². The highest BCUT2D eigenvalue weighted by molar-refractivity contribution is 5.92. The Bertz CT molecular complexity index is 806. The second-order valence-corrected chi connectivity index (χ2v) is 5.10. The van der Waals surface area contributed by atoms with Gasteiger partial charge in [0.25, 0.3) is 5.91 Å². The molecule has 2 N–H and O–H groups in total. The summed E-state index contributed by atoms with van der Waals surface area (Å²) < 4.78 is 94.8. The quantitative estimate of drug-likeness (QED) is 0.448. The van der Waals surface area contributed by atoms with Crippen LogP contribution in [-0.2, 0) is 5.92 Å². The average molecular weight is 398 g/mol. The summed E-state index contributed by atoms with van der Waals surface area (Å²) in [5, 5.41) is 8.45. The Balaban J connectivity index is 2.19. The summed E-state index contributed by atoms with van der Waals surface area (Å²) in [7, 11) is 0. The third-order valence-electron chi connectivity index (χ3n) is 3.29. The van der Waals surface area contributed by atoms with E-state index < -0.39 is 29.5 Å². The van der Waals surface area contributed by atoms with Gasteiger partial charge in [0.05, 0.1) is 5.56 Å². The lowest BCUT2D eigenvalue weighted by molar-refractivity contribution is -0.359. The number of carbonyl (C=O) groups excluding carboxylic acids is 1. The highest BCUT2D eigenvalue weighted by Crippen LogP contribution is 2.51. The minimum absolute atomic E-state index is 0.0331. The molecule has 0 aliphatic carbocycles. The molecule has 0 bridgehead atoms. The van der Waals surface area contributed by atoms with Crippen LogP contribution in [0.25, 0.3) is 0 Å². The first-order chi connectivity index (χ1) is 12.4. The average Bonchev–Trinajstić information content (AvgIpc) is 2.61. The van der Waals surface area contributed by atoms with E-state index in [-0.39, 0.29) is 17.2 Å². The minimum Gasteiger partial charge on any atom is -0.439 e. The molecule has 0 fully saturated rings. The Morgan fingerprint density at radius 2 is 1.56 bits per heavy atom. The number of halogens is 7. The minimum atomic E-state index is -6.43. The second kappa shape index (κ2) is 7.02. The van der Waals surface area contributed by atoms with E-state index in [1.807, 2.05) is 0 Å². The molecule has 0 aliphatic rings. The van der Waals surface area contributed by atoms with Gasteiger partial charge >= 0.3 is 18.0 Å². The van der Waals surface area contributed by atoms with Crippen molar-refractivity contribution in [1.29, 1.82) is 0 Å².